The first-order valence-electron chi connectivity index (χ1n) is 9.72. The number of nitrogens with one attached hydrogen (secondary N) is 1. The van der Waals surface area contributed by atoms with Crippen LogP contribution in [0.25, 0.3) is 10.6 Å². The number of esters is 1. The zero-order valence-electron chi connectivity index (χ0n) is 16.7. The Morgan fingerprint density at radius 2 is 2.03 bits per heavy atom. The minimum absolute atomic E-state index is 0.234. The quantitative estimate of drug-likeness (QED) is 0.588. The van der Waals surface area contributed by atoms with Crippen molar-refractivity contribution in [1.29, 1.82) is 0 Å². The van der Waals surface area contributed by atoms with Crippen molar-refractivity contribution >= 4 is 39.6 Å². The van der Waals surface area contributed by atoms with Crippen molar-refractivity contribution in [2.24, 2.45) is 0 Å². The molecule has 0 saturated heterocycles. The van der Waals surface area contributed by atoms with Gasteiger partial charge in [0.05, 0.1) is 17.0 Å². The van der Waals surface area contributed by atoms with Crippen LogP contribution in [0.5, 0.6) is 0 Å². The number of rotatable bonds is 6. The van der Waals surface area contributed by atoms with Crippen LogP contribution in [0.4, 0.5) is 5.00 Å². The average Bonchev–Trinajstić information content (AvgIpc) is 3.39. The molecule has 0 saturated carbocycles. The van der Waals surface area contributed by atoms with Gasteiger partial charge in [-0.1, -0.05) is 0 Å². The molecule has 1 N–H and O–H groups in total. The first kappa shape index (κ1) is 20.5. The summed E-state index contributed by atoms with van der Waals surface area (Å²) in [5, 5.41) is 7.63. The van der Waals surface area contributed by atoms with Crippen LogP contribution in [0, 0.1) is 6.92 Å². The predicted molar refractivity (Wildman–Crippen MR) is 117 cm³/mol. The van der Waals surface area contributed by atoms with Crippen molar-refractivity contribution in [3.8, 4) is 10.6 Å². The van der Waals surface area contributed by atoms with E-state index in [0.717, 1.165) is 44.1 Å². The number of hydrogen-bond acceptors (Lipinski definition) is 7. The van der Waals surface area contributed by atoms with Crippen molar-refractivity contribution in [3.05, 3.63) is 55.5 Å². The van der Waals surface area contributed by atoms with Gasteiger partial charge in [0.2, 0.25) is 5.91 Å². The lowest BCUT2D eigenvalue weighted by Gasteiger charge is -2.09. The standard InChI is InChI=1S/C21H21N3O4S2/c1-3-28-21(27)19-13-5-4-6-15(13)30-20(19)22-17(25)11-24-18(26)10-8-14(23-24)16-9-7-12(2)29-16/h7-10H,3-6,11H2,1-2H3,(H,22,25). The number of aromatic nitrogens is 2. The Kier molecular flexibility index (Phi) is 5.83. The minimum Gasteiger partial charge on any atom is -0.462 e. The van der Waals surface area contributed by atoms with Crippen molar-refractivity contribution in [1.82, 2.24) is 9.78 Å². The van der Waals surface area contributed by atoms with E-state index >= 15 is 0 Å². The highest BCUT2D eigenvalue weighted by molar-refractivity contribution is 7.17. The van der Waals surface area contributed by atoms with Gasteiger partial charge in [0, 0.05) is 15.8 Å². The summed E-state index contributed by atoms with van der Waals surface area (Å²) in [4.78, 5) is 40.5. The van der Waals surface area contributed by atoms with E-state index in [2.05, 4.69) is 10.4 Å². The fraction of sp³-hybridized carbons (Fsp3) is 0.333. The van der Waals surface area contributed by atoms with E-state index in [1.54, 1.807) is 24.3 Å². The van der Waals surface area contributed by atoms with Crippen LogP contribution >= 0.6 is 22.7 Å². The van der Waals surface area contributed by atoms with Crippen LogP contribution < -0.4 is 10.9 Å². The normalized spacial score (nSPS) is 12.6. The van der Waals surface area contributed by atoms with Crippen molar-refractivity contribution < 1.29 is 14.3 Å². The van der Waals surface area contributed by atoms with E-state index in [1.165, 1.54) is 17.4 Å². The SMILES string of the molecule is CCOC(=O)c1c(NC(=O)Cn2nc(-c3ccc(C)s3)ccc2=O)sc2c1CCC2. The molecule has 1 amide bonds. The van der Waals surface area contributed by atoms with Crippen LogP contribution in [0.3, 0.4) is 0 Å². The molecule has 0 aromatic carbocycles. The molecule has 7 nitrogen and oxygen atoms in total. The lowest BCUT2D eigenvalue weighted by atomic mass is 10.1. The van der Waals surface area contributed by atoms with Crippen molar-refractivity contribution in [3.63, 3.8) is 0 Å². The molecule has 0 spiro atoms. The summed E-state index contributed by atoms with van der Waals surface area (Å²) in [5.74, 6) is -0.827. The maximum atomic E-state index is 12.7. The Morgan fingerprint density at radius 3 is 2.77 bits per heavy atom. The summed E-state index contributed by atoms with van der Waals surface area (Å²) >= 11 is 2.98. The number of anilines is 1. The number of carbonyl (C=O) groups excluding carboxylic acids is 2. The zero-order chi connectivity index (χ0) is 21.3. The first-order valence-corrected chi connectivity index (χ1v) is 11.4. The number of ether oxygens (including phenoxy) is 1. The molecule has 30 heavy (non-hydrogen) atoms. The monoisotopic (exact) mass is 443 g/mol. The van der Waals surface area contributed by atoms with Crippen LogP contribution in [0.1, 0.15) is 39.0 Å². The largest absolute Gasteiger partial charge is 0.462 e. The molecule has 0 aliphatic heterocycles. The fourth-order valence-electron chi connectivity index (χ4n) is 3.48. The molecule has 9 heteroatoms. The summed E-state index contributed by atoms with van der Waals surface area (Å²) in [6.45, 7) is 3.78. The minimum atomic E-state index is -0.419. The van der Waals surface area contributed by atoms with E-state index in [1.807, 2.05) is 19.1 Å². The second-order valence-corrected chi connectivity index (χ2v) is 9.35. The molecule has 0 atom stereocenters. The van der Waals surface area contributed by atoms with Gasteiger partial charge in [-0.25, -0.2) is 9.48 Å². The molecule has 3 heterocycles. The second-order valence-electron chi connectivity index (χ2n) is 6.95. The maximum absolute atomic E-state index is 12.7. The number of fused-ring (bicyclic) bond motifs is 1. The lowest BCUT2D eigenvalue weighted by molar-refractivity contribution is -0.116. The molecule has 0 unspecified atom stereocenters. The van der Waals surface area contributed by atoms with Gasteiger partial charge in [0.15, 0.2) is 0 Å². The third-order valence-corrected chi connectivity index (χ3v) is 7.04. The number of amides is 1. The fourth-order valence-corrected chi connectivity index (χ4v) is 5.61. The topological polar surface area (TPSA) is 90.3 Å². The molecular weight excluding hydrogens is 422 g/mol. The molecule has 1 aliphatic rings. The third-order valence-electron chi connectivity index (χ3n) is 4.81. The summed E-state index contributed by atoms with van der Waals surface area (Å²) in [5.41, 5.74) is 1.70. The highest BCUT2D eigenvalue weighted by atomic mass is 32.1. The van der Waals surface area contributed by atoms with E-state index in [4.69, 9.17) is 4.74 Å². The molecule has 3 aromatic rings. The van der Waals surface area contributed by atoms with Gasteiger partial charge in [-0.3, -0.25) is 9.59 Å². The Hall–Kier alpha value is -2.78. The van der Waals surface area contributed by atoms with E-state index in [-0.39, 0.29) is 18.7 Å². The van der Waals surface area contributed by atoms with Gasteiger partial charge in [-0.05, 0) is 56.9 Å². The van der Waals surface area contributed by atoms with Crippen LogP contribution in [0.2, 0.25) is 0 Å². The number of aryl methyl sites for hydroxylation is 2. The maximum Gasteiger partial charge on any atom is 0.341 e. The number of thiophene rings is 2. The summed E-state index contributed by atoms with van der Waals surface area (Å²) in [6.07, 6.45) is 2.70. The Balaban J connectivity index is 1.56. The molecule has 0 fully saturated rings. The van der Waals surface area contributed by atoms with Gasteiger partial charge in [0.25, 0.3) is 5.56 Å². The number of hydrogen-bond donors (Lipinski definition) is 1. The highest BCUT2D eigenvalue weighted by Crippen LogP contribution is 2.39. The van der Waals surface area contributed by atoms with Crippen molar-refractivity contribution in [2.75, 3.05) is 11.9 Å². The summed E-state index contributed by atoms with van der Waals surface area (Å²) in [6, 6.07) is 6.99. The molecule has 4 rings (SSSR count). The van der Waals surface area contributed by atoms with E-state index in [0.29, 0.717) is 16.3 Å². The van der Waals surface area contributed by atoms with Gasteiger partial charge in [-0.2, -0.15) is 5.10 Å². The smallest absolute Gasteiger partial charge is 0.341 e. The Bertz CT molecular complexity index is 1180. The van der Waals surface area contributed by atoms with Crippen molar-refractivity contribution in [2.45, 2.75) is 39.7 Å². The van der Waals surface area contributed by atoms with Gasteiger partial charge in [-0.15, -0.1) is 22.7 Å². The highest BCUT2D eigenvalue weighted by Gasteiger charge is 2.28. The molecule has 156 valence electrons. The van der Waals surface area contributed by atoms with Crippen LogP contribution in [-0.2, 0) is 28.9 Å². The molecule has 0 bridgehead atoms. The predicted octanol–water partition coefficient (Wildman–Crippen LogP) is 3.65. The zero-order valence-corrected chi connectivity index (χ0v) is 18.3. The average molecular weight is 444 g/mol. The van der Waals surface area contributed by atoms with Gasteiger partial charge < -0.3 is 10.1 Å². The summed E-state index contributed by atoms with van der Waals surface area (Å²) < 4.78 is 6.33. The van der Waals surface area contributed by atoms with E-state index < -0.39 is 11.9 Å². The van der Waals surface area contributed by atoms with Gasteiger partial charge >= 0.3 is 5.97 Å². The number of nitrogens with zero attached hydrogens (tertiary/aromatic N) is 2. The Labute approximate surface area is 181 Å². The van der Waals surface area contributed by atoms with E-state index in [9.17, 15) is 14.4 Å². The van der Waals surface area contributed by atoms with Gasteiger partial charge in [0.1, 0.15) is 17.2 Å². The van der Waals surface area contributed by atoms with Crippen LogP contribution in [-0.4, -0.2) is 28.3 Å². The van der Waals surface area contributed by atoms with Crippen LogP contribution in [0.15, 0.2) is 29.1 Å². The second kappa shape index (κ2) is 8.53. The molecule has 1 aliphatic carbocycles. The molecular formula is C21H21N3O4S2. The summed E-state index contributed by atoms with van der Waals surface area (Å²) in [7, 11) is 0. The lowest BCUT2D eigenvalue weighted by Crippen LogP contribution is -2.29. The number of carbonyl (C=O) groups is 2. The molecule has 0 radical (unpaired) electrons. The molecule has 3 aromatic heterocycles. The first-order chi connectivity index (χ1) is 14.5. The Morgan fingerprint density at radius 1 is 1.20 bits per heavy atom. The third kappa shape index (κ3) is 4.08.